The average Bonchev–Trinajstić information content (AvgIpc) is 2.57. The van der Waals surface area contributed by atoms with E-state index in [1.165, 1.54) is 36.4 Å². The molecular formula is C16H11BrN2O4. The van der Waals surface area contributed by atoms with Crippen molar-refractivity contribution < 1.29 is 19.4 Å². The van der Waals surface area contributed by atoms with E-state index < -0.39 is 5.78 Å². The number of phenolic OH excluding ortho intramolecular Hbond substituents is 1. The molecule has 0 fully saturated rings. The maximum absolute atomic E-state index is 12.7. The number of nitrogens with zero attached hydrogens (tertiary/aromatic N) is 2. The predicted octanol–water partition coefficient (Wildman–Crippen LogP) is 1.94. The van der Waals surface area contributed by atoms with E-state index in [-0.39, 0.29) is 39.1 Å². The van der Waals surface area contributed by atoms with Crippen molar-refractivity contribution in [1.82, 2.24) is 0 Å². The first-order valence-electron chi connectivity index (χ1n) is 6.71. The molecule has 3 rings (SSSR count). The van der Waals surface area contributed by atoms with Gasteiger partial charge >= 0.3 is 5.69 Å². The maximum Gasteiger partial charge on any atom is 0.335 e. The van der Waals surface area contributed by atoms with E-state index in [2.05, 4.69) is 15.9 Å². The number of carbonyl (C=O) groups excluding carboxylic acids is 1. The zero-order valence-corrected chi connectivity index (χ0v) is 13.4. The zero-order valence-electron chi connectivity index (χ0n) is 11.8. The molecule has 6 nitrogen and oxygen atoms in total. The van der Waals surface area contributed by atoms with E-state index in [4.69, 9.17) is 0 Å². The molecule has 0 spiro atoms. The zero-order chi connectivity index (χ0) is 16.6. The molecule has 116 valence electrons. The number of benzene rings is 2. The number of phenols is 1. The molecule has 0 saturated carbocycles. The van der Waals surface area contributed by atoms with Crippen LogP contribution in [0.25, 0.3) is 11.0 Å². The molecule has 3 aromatic rings. The Morgan fingerprint density at radius 2 is 1.70 bits per heavy atom. The smallest absolute Gasteiger partial charge is 0.335 e. The van der Waals surface area contributed by atoms with Gasteiger partial charge in [-0.2, -0.15) is 9.46 Å². The van der Waals surface area contributed by atoms with Gasteiger partial charge in [0.1, 0.15) is 5.75 Å². The van der Waals surface area contributed by atoms with Crippen LogP contribution in [0.5, 0.6) is 5.75 Å². The molecule has 1 aromatic heterocycles. The number of aromatic nitrogens is 2. The third kappa shape index (κ3) is 2.49. The second-order valence-corrected chi connectivity index (χ2v) is 5.45. The van der Waals surface area contributed by atoms with Crippen molar-refractivity contribution in [1.29, 1.82) is 0 Å². The molecule has 2 aromatic carbocycles. The summed E-state index contributed by atoms with van der Waals surface area (Å²) in [4.78, 5) is 12.7. The fourth-order valence-corrected chi connectivity index (χ4v) is 2.90. The number of hydrogen-bond acceptors (Lipinski definition) is 4. The van der Waals surface area contributed by atoms with Crippen molar-refractivity contribution in [2.24, 2.45) is 0 Å². The first-order chi connectivity index (χ1) is 11.0. The molecule has 0 atom stereocenters. The van der Waals surface area contributed by atoms with Gasteiger partial charge in [0.05, 0.1) is 5.33 Å². The fourth-order valence-electron chi connectivity index (χ4n) is 2.41. The van der Waals surface area contributed by atoms with Crippen LogP contribution in [-0.2, 0) is 5.33 Å². The summed E-state index contributed by atoms with van der Waals surface area (Å²) in [7, 11) is 0. The van der Waals surface area contributed by atoms with Gasteiger partial charge in [-0.05, 0) is 12.1 Å². The number of halogens is 1. The summed E-state index contributed by atoms with van der Waals surface area (Å²) >= 11 is 3.16. The van der Waals surface area contributed by atoms with Gasteiger partial charge in [-0.3, -0.25) is 4.79 Å². The number of para-hydroxylation sites is 2. The van der Waals surface area contributed by atoms with E-state index in [1.54, 1.807) is 12.1 Å². The lowest BCUT2D eigenvalue weighted by Gasteiger charge is -2.11. The number of ketones is 1. The Labute approximate surface area is 139 Å². The van der Waals surface area contributed by atoms with E-state index in [9.17, 15) is 20.3 Å². The van der Waals surface area contributed by atoms with Gasteiger partial charge in [-0.1, -0.05) is 40.2 Å². The summed E-state index contributed by atoms with van der Waals surface area (Å²) in [6.45, 7) is 0. The number of hydrogen-bond donors (Lipinski definition) is 1. The molecule has 0 unspecified atom stereocenters. The topological polar surface area (TPSA) is 91.2 Å². The summed E-state index contributed by atoms with van der Waals surface area (Å²) in [6, 6.07) is 11.9. The Balaban J connectivity index is 2.32. The molecular weight excluding hydrogens is 364 g/mol. The van der Waals surface area contributed by atoms with Crippen LogP contribution in [-0.4, -0.2) is 10.9 Å². The van der Waals surface area contributed by atoms with Crippen molar-refractivity contribution in [3.05, 3.63) is 75.9 Å². The van der Waals surface area contributed by atoms with Crippen LogP contribution in [0, 0.1) is 10.4 Å². The minimum absolute atomic E-state index is 0.0204. The minimum Gasteiger partial charge on any atom is -0.618 e. The Hall–Kier alpha value is -2.67. The average molecular weight is 375 g/mol. The predicted molar refractivity (Wildman–Crippen MR) is 86.0 cm³/mol. The third-order valence-electron chi connectivity index (χ3n) is 3.49. The molecule has 0 aliphatic heterocycles. The van der Waals surface area contributed by atoms with Crippen LogP contribution in [0.15, 0.2) is 48.5 Å². The highest BCUT2D eigenvalue weighted by molar-refractivity contribution is 9.08. The third-order valence-corrected chi connectivity index (χ3v) is 4.02. The normalized spacial score (nSPS) is 10.8. The van der Waals surface area contributed by atoms with Crippen LogP contribution < -0.4 is 9.46 Å². The Bertz CT molecular complexity index is 927. The number of carbonyl (C=O) groups is 1. The highest BCUT2D eigenvalue weighted by atomic mass is 79.9. The van der Waals surface area contributed by atoms with Crippen molar-refractivity contribution >= 4 is 32.7 Å². The monoisotopic (exact) mass is 374 g/mol. The summed E-state index contributed by atoms with van der Waals surface area (Å²) < 4.78 is 1.04. The van der Waals surface area contributed by atoms with E-state index in [0.29, 0.717) is 9.46 Å². The first-order valence-corrected chi connectivity index (χ1v) is 7.83. The second kappa shape index (κ2) is 5.85. The van der Waals surface area contributed by atoms with Crippen LogP contribution in [0.4, 0.5) is 0 Å². The van der Waals surface area contributed by atoms with Crippen molar-refractivity contribution in [2.45, 2.75) is 5.33 Å². The van der Waals surface area contributed by atoms with Crippen LogP contribution in [0.1, 0.15) is 21.7 Å². The van der Waals surface area contributed by atoms with E-state index >= 15 is 0 Å². The summed E-state index contributed by atoms with van der Waals surface area (Å²) in [5, 5.41) is 34.7. The molecule has 7 heteroatoms. The van der Waals surface area contributed by atoms with Crippen LogP contribution in [0.2, 0.25) is 0 Å². The Kier molecular flexibility index (Phi) is 3.87. The van der Waals surface area contributed by atoms with E-state index in [1.807, 2.05) is 0 Å². The van der Waals surface area contributed by atoms with Gasteiger partial charge in [-0.15, -0.1) is 0 Å². The van der Waals surface area contributed by atoms with Gasteiger partial charge < -0.3 is 15.5 Å². The summed E-state index contributed by atoms with van der Waals surface area (Å²) in [5.74, 6) is -0.717. The lowest BCUT2D eigenvalue weighted by molar-refractivity contribution is -0.635. The van der Waals surface area contributed by atoms with Gasteiger partial charge in [-0.25, -0.2) is 0 Å². The van der Waals surface area contributed by atoms with Crippen LogP contribution in [0.3, 0.4) is 0 Å². The van der Waals surface area contributed by atoms with Crippen molar-refractivity contribution in [3.8, 4) is 5.75 Å². The summed E-state index contributed by atoms with van der Waals surface area (Å²) in [6.07, 6.45) is 0. The van der Waals surface area contributed by atoms with Crippen molar-refractivity contribution in [2.75, 3.05) is 0 Å². The molecule has 0 aliphatic carbocycles. The first kappa shape index (κ1) is 15.2. The van der Waals surface area contributed by atoms with Crippen LogP contribution >= 0.6 is 15.9 Å². The Morgan fingerprint density at radius 3 is 2.30 bits per heavy atom. The molecule has 1 heterocycles. The molecule has 1 N–H and O–H groups in total. The second-order valence-electron chi connectivity index (χ2n) is 4.89. The van der Waals surface area contributed by atoms with Crippen molar-refractivity contribution in [3.63, 3.8) is 0 Å². The quantitative estimate of drug-likeness (QED) is 0.328. The van der Waals surface area contributed by atoms with Gasteiger partial charge in [0.2, 0.25) is 0 Å². The molecule has 0 saturated heterocycles. The molecule has 0 aliphatic rings. The fraction of sp³-hybridized carbons (Fsp3) is 0.0625. The minimum atomic E-state index is -0.624. The SMILES string of the molecule is O=C(c1cccc(O)c1)c1c(CBr)[n+]([O-])c2ccccc2[n+]1[O-]. The Morgan fingerprint density at radius 1 is 1.04 bits per heavy atom. The maximum atomic E-state index is 12.7. The molecule has 0 bridgehead atoms. The number of fused-ring (bicyclic) bond motifs is 1. The lowest BCUT2D eigenvalue weighted by atomic mass is 10.1. The van der Waals surface area contributed by atoms with Gasteiger partial charge in [0, 0.05) is 17.7 Å². The molecule has 23 heavy (non-hydrogen) atoms. The largest absolute Gasteiger partial charge is 0.618 e. The molecule has 0 radical (unpaired) electrons. The molecule has 0 amide bonds. The lowest BCUT2D eigenvalue weighted by Crippen LogP contribution is -2.47. The van der Waals surface area contributed by atoms with Gasteiger partial charge in [0.25, 0.3) is 22.5 Å². The highest BCUT2D eigenvalue weighted by Crippen LogP contribution is 2.18. The summed E-state index contributed by atoms with van der Waals surface area (Å²) in [5.41, 5.74) is 0.181. The van der Waals surface area contributed by atoms with Gasteiger partial charge in [0.15, 0.2) is 0 Å². The standard InChI is InChI=1S/C16H11BrN2O4/c17-9-14-15(16(21)10-4-3-5-11(20)8-10)19(23)13-7-2-1-6-12(13)18(14)22/h1-8,20H,9H2. The number of alkyl halides is 1. The number of aromatic hydroxyl groups is 1. The number of rotatable bonds is 3. The highest BCUT2D eigenvalue weighted by Gasteiger charge is 2.33. The van der Waals surface area contributed by atoms with E-state index in [0.717, 1.165) is 0 Å².